The monoisotopic (exact) mass is 236 g/mol. The van der Waals surface area contributed by atoms with E-state index in [1.165, 1.54) is 0 Å². The standard InChI is InChI=1S/C9H20O5Si/c1-4-14-15(10-2,11-3)6-5-12-7-9-8-13-9/h9H,4-8H2,1-3H3. The van der Waals surface area contributed by atoms with Gasteiger partial charge >= 0.3 is 8.80 Å². The van der Waals surface area contributed by atoms with Gasteiger partial charge in [0.15, 0.2) is 0 Å². The molecule has 0 radical (unpaired) electrons. The Morgan fingerprint density at radius 2 is 2.00 bits per heavy atom. The molecule has 0 aromatic carbocycles. The van der Waals surface area contributed by atoms with Gasteiger partial charge in [-0.1, -0.05) is 0 Å². The van der Waals surface area contributed by atoms with Gasteiger partial charge in [-0.05, 0) is 6.92 Å². The fourth-order valence-corrected chi connectivity index (χ4v) is 3.06. The molecule has 1 aliphatic rings. The van der Waals surface area contributed by atoms with Gasteiger partial charge in [0, 0.05) is 26.9 Å². The summed E-state index contributed by atoms with van der Waals surface area (Å²) in [6.07, 6.45) is 0.304. The predicted molar refractivity (Wildman–Crippen MR) is 56.8 cm³/mol. The van der Waals surface area contributed by atoms with Crippen molar-refractivity contribution >= 4 is 8.80 Å². The lowest BCUT2D eigenvalue weighted by molar-refractivity contribution is 0.0784. The first kappa shape index (κ1) is 13.1. The number of rotatable bonds is 9. The lowest BCUT2D eigenvalue weighted by atomic mass is 10.5. The van der Waals surface area contributed by atoms with Gasteiger partial charge in [-0.25, -0.2) is 0 Å². The molecule has 5 nitrogen and oxygen atoms in total. The molecule has 15 heavy (non-hydrogen) atoms. The Balaban J connectivity index is 2.16. The van der Waals surface area contributed by atoms with Crippen molar-refractivity contribution in [2.24, 2.45) is 0 Å². The van der Waals surface area contributed by atoms with Crippen molar-refractivity contribution in [2.45, 2.75) is 19.1 Å². The average molecular weight is 236 g/mol. The third kappa shape index (κ3) is 4.58. The summed E-state index contributed by atoms with van der Waals surface area (Å²) < 4.78 is 26.7. The number of hydrogen-bond donors (Lipinski definition) is 0. The SMILES string of the molecule is CCO[Si](CCOCC1CO1)(OC)OC. The molecule has 1 atom stereocenters. The van der Waals surface area contributed by atoms with E-state index in [2.05, 4.69) is 0 Å². The highest BCUT2D eigenvalue weighted by Gasteiger charge is 2.38. The summed E-state index contributed by atoms with van der Waals surface area (Å²) in [6, 6.07) is 0.681. The molecule has 0 spiro atoms. The number of hydrogen-bond acceptors (Lipinski definition) is 5. The zero-order valence-electron chi connectivity index (χ0n) is 9.65. The molecule has 0 N–H and O–H groups in total. The fraction of sp³-hybridized carbons (Fsp3) is 1.00. The average Bonchev–Trinajstić information content (AvgIpc) is 3.07. The maximum atomic E-state index is 5.53. The van der Waals surface area contributed by atoms with Crippen LogP contribution in [0.15, 0.2) is 0 Å². The third-order valence-corrected chi connectivity index (χ3v) is 5.03. The second-order valence-electron chi connectivity index (χ2n) is 3.30. The molecule has 1 unspecified atom stereocenters. The lowest BCUT2D eigenvalue weighted by Crippen LogP contribution is -2.44. The minimum absolute atomic E-state index is 0.304. The first-order valence-electron chi connectivity index (χ1n) is 5.20. The minimum Gasteiger partial charge on any atom is -0.379 e. The lowest BCUT2D eigenvalue weighted by Gasteiger charge is -2.25. The highest BCUT2D eigenvalue weighted by molar-refractivity contribution is 6.60. The first-order chi connectivity index (χ1) is 7.26. The molecular formula is C9H20O5Si. The van der Waals surface area contributed by atoms with Crippen LogP contribution in [-0.2, 0) is 22.8 Å². The predicted octanol–water partition coefficient (Wildman–Crippen LogP) is 0.670. The van der Waals surface area contributed by atoms with Crippen LogP contribution < -0.4 is 0 Å². The van der Waals surface area contributed by atoms with Gasteiger partial charge in [0.05, 0.1) is 19.8 Å². The van der Waals surface area contributed by atoms with Crippen LogP contribution in [0.2, 0.25) is 6.04 Å². The molecule has 0 aliphatic carbocycles. The summed E-state index contributed by atoms with van der Waals surface area (Å²) >= 11 is 0. The molecule has 1 heterocycles. The van der Waals surface area contributed by atoms with Gasteiger partial charge in [-0.2, -0.15) is 0 Å². The van der Waals surface area contributed by atoms with Crippen molar-refractivity contribution in [1.29, 1.82) is 0 Å². The summed E-state index contributed by atoms with van der Waals surface area (Å²) in [7, 11) is 0.780. The van der Waals surface area contributed by atoms with E-state index < -0.39 is 8.80 Å². The first-order valence-corrected chi connectivity index (χ1v) is 7.13. The van der Waals surface area contributed by atoms with Crippen molar-refractivity contribution in [3.63, 3.8) is 0 Å². The van der Waals surface area contributed by atoms with Crippen LogP contribution >= 0.6 is 0 Å². The van der Waals surface area contributed by atoms with Gasteiger partial charge in [0.25, 0.3) is 0 Å². The molecule has 90 valence electrons. The normalized spacial score (nSPS) is 20.6. The van der Waals surface area contributed by atoms with E-state index in [-0.39, 0.29) is 0 Å². The summed E-state index contributed by atoms with van der Waals surface area (Å²) in [5.74, 6) is 0. The molecule has 0 amide bonds. The van der Waals surface area contributed by atoms with Crippen LogP contribution in [0.5, 0.6) is 0 Å². The quantitative estimate of drug-likeness (QED) is 0.334. The number of epoxide rings is 1. The topological polar surface area (TPSA) is 49.5 Å². The Hall–Kier alpha value is 0.0169. The van der Waals surface area contributed by atoms with Crippen molar-refractivity contribution in [2.75, 3.05) is 40.6 Å². The number of ether oxygens (including phenoxy) is 2. The van der Waals surface area contributed by atoms with Crippen LogP contribution in [0, 0.1) is 0 Å². The van der Waals surface area contributed by atoms with E-state index in [4.69, 9.17) is 22.8 Å². The van der Waals surface area contributed by atoms with E-state index >= 15 is 0 Å². The molecule has 0 aromatic rings. The van der Waals surface area contributed by atoms with Crippen LogP contribution in [0.1, 0.15) is 6.92 Å². The molecule has 0 saturated carbocycles. The molecule has 0 bridgehead atoms. The largest absolute Gasteiger partial charge is 0.502 e. The summed E-state index contributed by atoms with van der Waals surface area (Å²) in [4.78, 5) is 0. The van der Waals surface area contributed by atoms with Gasteiger partial charge in [0.1, 0.15) is 6.10 Å². The van der Waals surface area contributed by atoms with E-state index in [9.17, 15) is 0 Å². The van der Waals surface area contributed by atoms with Crippen molar-refractivity contribution < 1.29 is 22.8 Å². The molecule has 1 rings (SSSR count). The van der Waals surface area contributed by atoms with Gasteiger partial charge in [-0.3, -0.25) is 0 Å². The zero-order chi connectivity index (χ0) is 11.1. The van der Waals surface area contributed by atoms with Gasteiger partial charge in [-0.15, -0.1) is 0 Å². The second kappa shape index (κ2) is 6.57. The van der Waals surface area contributed by atoms with Crippen LogP contribution in [0.4, 0.5) is 0 Å². The molecule has 1 saturated heterocycles. The third-order valence-electron chi connectivity index (χ3n) is 2.24. The molecule has 1 aliphatic heterocycles. The Bertz CT molecular complexity index is 170. The molecule has 1 fully saturated rings. The zero-order valence-corrected chi connectivity index (χ0v) is 10.7. The van der Waals surface area contributed by atoms with E-state index in [1.807, 2.05) is 6.92 Å². The maximum Gasteiger partial charge on any atom is 0.502 e. The van der Waals surface area contributed by atoms with Crippen molar-refractivity contribution in [1.82, 2.24) is 0 Å². The summed E-state index contributed by atoms with van der Waals surface area (Å²) in [5, 5.41) is 0. The van der Waals surface area contributed by atoms with Crippen LogP contribution in [0.25, 0.3) is 0 Å². The van der Waals surface area contributed by atoms with E-state index in [0.717, 1.165) is 6.61 Å². The highest BCUT2D eigenvalue weighted by Crippen LogP contribution is 2.15. The highest BCUT2D eigenvalue weighted by atomic mass is 28.4. The Kier molecular flexibility index (Phi) is 5.73. The summed E-state index contributed by atoms with van der Waals surface area (Å²) in [5.41, 5.74) is 0. The Morgan fingerprint density at radius 1 is 1.33 bits per heavy atom. The van der Waals surface area contributed by atoms with Crippen molar-refractivity contribution in [3.05, 3.63) is 0 Å². The smallest absolute Gasteiger partial charge is 0.379 e. The van der Waals surface area contributed by atoms with E-state index in [1.54, 1.807) is 14.2 Å². The van der Waals surface area contributed by atoms with Crippen molar-refractivity contribution in [3.8, 4) is 0 Å². The van der Waals surface area contributed by atoms with Gasteiger partial charge in [0.2, 0.25) is 0 Å². The Morgan fingerprint density at radius 3 is 2.47 bits per heavy atom. The minimum atomic E-state index is -2.46. The maximum absolute atomic E-state index is 5.53. The van der Waals surface area contributed by atoms with E-state index in [0.29, 0.717) is 32.0 Å². The molecule has 6 heteroatoms. The second-order valence-corrected chi connectivity index (χ2v) is 6.28. The summed E-state index contributed by atoms with van der Waals surface area (Å²) in [6.45, 7) is 4.60. The van der Waals surface area contributed by atoms with Crippen LogP contribution in [0.3, 0.4) is 0 Å². The van der Waals surface area contributed by atoms with Gasteiger partial charge < -0.3 is 22.8 Å². The van der Waals surface area contributed by atoms with Crippen LogP contribution in [-0.4, -0.2) is 55.6 Å². The fourth-order valence-electron chi connectivity index (χ4n) is 1.27. The molecular weight excluding hydrogens is 216 g/mol. The molecule has 0 aromatic heterocycles. The Labute approximate surface area is 92.0 Å².